The molecule has 0 saturated carbocycles. The zero-order valence-corrected chi connectivity index (χ0v) is 40.9. The number of carbonyl (C=O) groups excluding carboxylic acids is 2. The monoisotopic (exact) mass is 865 g/mol. The number of rotatable bonds is 48. The maximum Gasteiger partial charge on any atom is 0.306 e. The lowest BCUT2D eigenvalue weighted by atomic mass is 10.0. The quantitative estimate of drug-likeness (QED) is 0.0375. The second-order valence-electron chi connectivity index (χ2n) is 17.6. The van der Waals surface area contributed by atoms with Gasteiger partial charge in [0.25, 0.3) is 0 Å². The largest absolute Gasteiger partial charge is 0.462 e. The maximum absolute atomic E-state index is 12.2. The van der Waals surface area contributed by atoms with E-state index in [1.807, 2.05) is 12.2 Å². The Bertz CT molecular complexity index is 1110. The summed E-state index contributed by atoms with van der Waals surface area (Å²) in [5.74, 6) is -0.682. The summed E-state index contributed by atoms with van der Waals surface area (Å²) in [5, 5.41) is 9.61. The number of unbranched alkanes of at least 4 members (excludes halogenated alkanes) is 28. The molecule has 0 radical (unpaired) electrons. The lowest BCUT2D eigenvalue weighted by molar-refractivity contribution is -0.161. The number of hydrogen-bond donors (Lipinski definition) is 1. The van der Waals surface area contributed by atoms with Crippen LogP contribution in [0, 0.1) is 0 Å². The Kier molecular flexibility index (Phi) is 50.4. The maximum atomic E-state index is 12.2. The smallest absolute Gasteiger partial charge is 0.306 e. The van der Waals surface area contributed by atoms with Crippen LogP contribution in [0.15, 0.2) is 72.9 Å². The first-order chi connectivity index (χ1) is 30.6. The van der Waals surface area contributed by atoms with Crippen molar-refractivity contribution in [2.24, 2.45) is 0 Å². The number of aliphatic hydroxyl groups is 1. The van der Waals surface area contributed by atoms with E-state index in [0.717, 1.165) is 57.8 Å². The second-order valence-corrected chi connectivity index (χ2v) is 17.6. The minimum Gasteiger partial charge on any atom is -0.462 e. The predicted octanol–water partition coefficient (Wildman–Crippen LogP) is 17.6. The summed E-state index contributed by atoms with van der Waals surface area (Å²) >= 11 is 0. The Morgan fingerprint density at radius 1 is 0.387 bits per heavy atom. The molecule has 0 heterocycles. The SMILES string of the molecule is CC/C=C\C/C=C\C/C=C\C/C=C\C/C=C\C/C=C\CCC(=O)OC(CO)COC(=O)CCCCCCCCCCCCCCCCCCCCCCCCCCCCCCC. The van der Waals surface area contributed by atoms with Crippen LogP contribution >= 0.6 is 0 Å². The molecule has 5 heteroatoms. The molecule has 5 nitrogen and oxygen atoms in total. The summed E-state index contributed by atoms with van der Waals surface area (Å²) in [6, 6.07) is 0. The Labute approximate surface area is 384 Å². The van der Waals surface area contributed by atoms with Gasteiger partial charge in [-0.2, -0.15) is 0 Å². The second kappa shape index (κ2) is 52.7. The van der Waals surface area contributed by atoms with E-state index in [-0.39, 0.29) is 25.6 Å². The highest BCUT2D eigenvalue weighted by Crippen LogP contribution is 2.17. The topological polar surface area (TPSA) is 72.8 Å². The van der Waals surface area contributed by atoms with Crippen LogP contribution in [-0.2, 0) is 19.1 Å². The number of esters is 2. The molecule has 0 fully saturated rings. The van der Waals surface area contributed by atoms with Crippen molar-refractivity contribution in [3.63, 3.8) is 0 Å². The molecule has 1 atom stereocenters. The van der Waals surface area contributed by atoms with E-state index in [0.29, 0.717) is 12.8 Å². The van der Waals surface area contributed by atoms with Gasteiger partial charge < -0.3 is 14.6 Å². The van der Waals surface area contributed by atoms with Gasteiger partial charge in [0.15, 0.2) is 6.10 Å². The zero-order valence-electron chi connectivity index (χ0n) is 40.9. The number of hydrogen-bond acceptors (Lipinski definition) is 5. The Morgan fingerprint density at radius 2 is 0.694 bits per heavy atom. The lowest BCUT2D eigenvalue weighted by Gasteiger charge is -2.15. The molecule has 0 aliphatic carbocycles. The number of allylic oxidation sites excluding steroid dienone is 12. The van der Waals surface area contributed by atoms with E-state index in [4.69, 9.17) is 9.47 Å². The van der Waals surface area contributed by atoms with Gasteiger partial charge in [0.1, 0.15) is 6.61 Å². The molecule has 0 spiro atoms. The summed E-state index contributed by atoms with van der Waals surface area (Å²) in [6.45, 7) is 3.99. The average molecular weight is 865 g/mol. The van der Waals surface area contributed by atoms with E-state index in [1.165, 1.54) is 167 Å². The minimum absolute atomic E-state index is 0.0967. The van der Waals surface area contributed by atoms with Gasteiger partial charge in [-0.15, -0.1) is 0 Å². The molecule has 0 aliphatic rings. The first-order valence-corrected chi connectivity index (χ1v) is 26.5. The van der Waals surface area contributed by atoms with Crippen molar-refractivity contribution >= 4 is 11.9 Å². The van der Waals surface area contributed by atoms with Crippen molar-refractivity contribution in [1.82, 2.24) is 0 Å². The molecule has 0 aromatic rings. The van der Waals surface area contributed by atoms with Gasteiger partial charge in [-0.3, -0.25) is 9.59 Å². The van der Waals surface area contributed by atoms with Gasteiger partial charge >= 0.3 is 11.9 Å². The number of carbonyl (C=O) groups is 2. The molecule has 0 amide bonds. The molecule has 1 unspecified atom stereocenters. The molecule has 0 rings (SSSR count). The van der Waals surface area contributed by atoms with Crippen LogP contribution in [0.3, 0.4) is 0 Å². The van der Waals surface area contributed by atoms with Gasteiger partial charge in [0, 0.05) is 12.8 Å². The van der Waals surface area contributed by atoms with Crippen molar-refractivity contribution in [3.8, 4) is 0 Å². The van der Waals surface area contributed by atoms with E-state index in [1.54, 1.807) is 0 Å². The molecule has 0 aromatic heterocycles. The van der Waals surface area contributed by atoms with Crippen molar-refractivity contribution < 1.29 is 24.2 Å². The Balaban J connectivity index is 3.52. The average Bonchev–Trinajstić information content (AvgIpc) is 3.28. The first-order valence-electron chi connectivity index (χ1n) is 26.5. The fraction of sp³-hybridized carbons (Fsp3) is 0.754. The highest BCUT2D eigenvalue weighted by molar-refractivity contribution is 5.70. The molecule has 62 heavy (non-hydrogen) atoms. The molecule has 0 saturated heterocycles. The molecule has 0 aromatic carbocycles. The molecule has 0 aliphatic heterocycles. The van der Waals surface area contributed by atoms with Crippen LogP contribution in [0.5, 0.6) is 0 Å². The Morgan fingerprint density at radius 3 is 1.02 bits per heavy atom. The van der Waals surface area contributed by atoms with Gasteiger partial charge in [-0.25, -0.2) is 0 Å². The fourth-order valence-electron chi connectivity index (χ4n) is 7.58. The standard InChI is InChI=1S/C57H100O5/c1-3-5-7-9-11-13-15-17-19-21-23-24-25-26-27-28-29-30-31-32-34-35-37-39-41-43-45-47-49-51-56(59)61-54-55(53-58)62-57(60)52-50-48-46-44-42-40-38-36-33-22-20-18-16-14-12-10-8-6-4-2/h6,8,12,14,18,20,33,36,40,42,46,48,55,58H,3-5,7,9-11,13,15-17,19,21-32,34-35,37-39,41,43-45,47,49-54H2,1-2H3/b8-6-,14-12-,20-18-,36-33-,42-40-,48-46-. The fourth-order valence-corrected chi connectivity index (χ4v) is 7.58. The summed E-state index contributed by atoms with van der Waals surface area (Å²) in [6.07, 6.45) is 71.7. The summed E-state index contributed by atoms with van der Waals surface area (Å²) in [5.41, 5.74) is 0. The Hall–Kier alpha value is -2.66. The third-order valence-corrected chi connectivity index (χ3v) is 11.5. The van der Waals surface area contributed by atoms with Gasteiger partial charge in [-0.05, 0) is 51.4 Å². The third kappa shape index (κ3) is 50.0. The highest BCUT2D eigenvalue weighted by Gasteiger charge is 2.15. The van der Waals surface area contributed by atoms with Crippen LogP contribution in [0.4, 0.5) is 0 Å². The molecular formula is C57H100O5. The summed E-state index contributed by atoms with van der Waals surface area (Å²) < 4.78 is 10.6. The van der Waals surface area contributed by atoms with Crippen LogP contribution in [0.25, 0.3) is 0 Å². The van der Waals surface area contributed by atoms with Crippen LogP contribution in [-0.4, -0.2) is 36.4 Å². The normalized spacial score (nSPS) is 12.8. The van der Waals surface area contributed by atoms with Crippen molar-refractivity contribution in [1.29, 1.82) is 0 Å². The third-order valence-electron chi connectivity index (χ3n) is 11.5. The molecular weight excluding hydrogens is 765 g/mol. The van der Waals surface area contributed by atoms with E-state index in [9.17, 15) is 14.7 Å². The van der Waals surface area contributed by atoms with Gasteiger partial charge in [0.2, 0.25) is 0 Å². The first kappa shape index (κ1) is 59.3. The van der Waals surface area contributed by atoms with E-state index < -0.39 is 12.1 Å². The van der Waals surface area contributed by atoms with Crippen molar-refractivity contribution in [2.75, 3.05) is 13.2 Å². The van der Waals surface area contributed by atoms with Crippen LogP contribution in [0.1, 0.15) is 258 Å². The van der Waals surface area contributed by atoms with Gasteiger partial charge in [-0.1, -0.05) is 267 Å². The lowest BCUT2D eigenvalue weighted by Crippen LogP contribution is -2.28. The molecule has 1 N–H and O–H groups in total. The van der Waals surface area contributed by atoms with Crippen LogP contribution in [0.2, 0.25) is 0 Å². The summed E-state index contributed by atoms with van der Waals surface area (Å²) in [7, 11) is 0. The van der Waals surface area contributed by atoms with E-state index in [2.05, 4.69) is 74.6 Å². The number of ether oxygens (including phenoxy) is 2. The van der Waals surface area contributed by atoms with Gasteiger partial charge in [0.05, 0.1) is 6.61 Å². The van der Waals surface area contributed by atoms with Crippen molar-refractivity contribution in [2.45, 2.75) is 264 Å². The molecule has 0 bridgehead atoms. The number of aliphatic hydroxyl groups excluding tert-OH is 1. The van der Waals surface area contributed by atoms with E-state index >= 15 is 0 Å². The predicted molar refractivity (Wildman–Crippen MR) is 270 cm³/mol. The summed E-state index contributed by atoms with van der Waals surface area (Å²) in [4.78, 5) is 24.4. The highest BCUT2D eigenvalue weighted by atomic mass is 16.6. The van der Waals surface area contributed by atoms with Crippen molar-refractivity contribution in [3.05, 3.63) is 72.9 Å². The van der Waals surface area contributed by atoms with Crippen LogP contribution < -0.4 is 0 Å². The molecule has 358 valence electrons. The minimum atomic E-state index is -0.815. The zero-order chi connectivity index (χ0) is 44.9.